The van der Waals surface area contributed by atoms with Crippen molar-refractivity contribution in [3.8, 4) is 11.4 Å². The average molecular weight is 288 g/mol. The van der Waals surface area contributed by atoms with Gasteiger partial charge in [-0.25, -0.2) is 4.98 Å². The third-order valence-corrected chi connectivity index (χ3v) is 3.63. The molecular formula is C13H12N4O2S. The summed E-state index contributed by atoms with van der Waals surface area (Å²) in [5.41, 5.74) is 2.79. The number of hydrogen-bond donors (Lipinski definition) is 2. The molecule has 0 radical (unpaired) electrons. The molecule has 1 aliphatic heterocycles. The first kappa shape index (κ1) is 12.9. The summed E-state index contributed by atoms with van der Waals surface area (Å²) in [4.78, 5) is 18.0. The molecular weight excluding hydrogens is 276 g/mol. The molecule has 0 unspecified atom stereocenters. The molecule has 2 N–H and O–H groups in total. The number of nitro groups is 1. The predicted molar refractivity (Wildman–Crippen MR) is 76.9 cm³/mol. The highest BCUT2D eigenvalue weighted by Crippen LogP contribution is 2.23. The van der Waals surface area contributed by atoms with E-state index in [0.717, 1.165) is 24.2 Å². The molecule has 0 bridgehead atoms. The van der Waals surface area contributed by atoms with Gasteiger partial charge in [0.05, 0.1) is 4.92 Å². The van der Waals surface area contributed by atoms with E-state index >= 15 is 0 Å². The number of benzene rings is 1. The molecule has 2 heterocycles. The summed E-state index contributed by atoms with van der Waals surface area (Å²) in [5.74, 6) is 0.583. The number of fused-ring (bicyclic) bond motifs is 1. The lowest BCUT2D eigenvalue weighted by molar-refractivity contribution is -0.384. The van der Waals surface area contributed by atoms with Gasteiger partial charge in [0.2, 0.25) is 0 Å². The molecule has 6 nitrogen and oxygen atoms in total. The minimum absolute atomic E-state index is 0.0444. The van der Waals surface area contributed by atoms with Crippen LogP contribution in [0.4, 0.5) is 5.69 Å². The highest BCUT2D eigenvalue weighted by atomic mass is 32.1. The Balaban J connectivity index is 2.11. The average Bonchev–Trinajstić information content (AvgIpc) is 2.47. The fourth-order valence-electron chi connectivity index (χ4n) is 2.27. The molecule has 0 aliphatic carbocycles. The number of nitrogens with one attached hydrogen (secondary N) is 2. The van der Waals surface area contributed by atoms with Crippen molar-refractivity contribution < 1.29 is 4.92 Å². The lowest BCUT2D eigenvalue weighted by Gasteiger charge is -2.17. The Kier molecular flexibility index (Phi) is 3.29. The number of aromatic amines is 1. The Morgan fingerprint density at radius 2 is 2.25 bits per heavy atom. The van der Waals surface area contributed by atoms with Crippen LogP contribution in [0.3, 0.4) is 0 Å². The van der Waals surface area contributed by atoms with E-state index < -0.39 is 4.92 Å². The Labute approximate surface area is 120 Å². The van der Waals surface area contributed by atoms with Gasteiger partial charge in [-0.2, -0.15) is 0 Å². The second-order valence-corrected chi connectivity index (χ2v) is 4.97. The minimum atomic E-state index is -0.416. The van der Waals surface area contributed by atoms with E-state index in [2.05, 4.69) is 15.3 Å². The highest BCUT2D eigenvalue weighted by molar-refractivity contribution is 7.71. The number of H-pyrrole nitrogens is 1. The monoisotopic (exact) mass is 288 g/mol. The molecule has 0 saturated heterocycles. The van der Waals surface area contributed by atoms with Gasteiger partial charge in [0, 0.05) is 48.5 Å². The molecule has 7 heteroatoms. The number of nitrogens with zero attached hydrogens (tertiary/aromatic N) is 2. The van der Waals surface area contributed by atoms with Crippen LogP contribution in [0, 0.1) is 14.8 Å². The molecule has 1 aromatic heterocycles. The van der Waals surface area contributed by atoms with Gasteiger partial charge < -0.3 is 10.3 Å². The van der Waals surface area contributed by atoms with Crippen molar-refractivity contribution in [2.75, 3.05) is 6.54 Å². The largest absolute Gasteiger partial charge is 0.343 e. The molecule has 0 saturated carbocycles. The number of aromatic nitrogens is 2. The maximum atomic E-state index is 10.8. The van der Waals surface area contributed by atoms with Crippen LogP contribution in [-0.2, 0) is 13.0 Å². The Hall–Kier alpha value is -2.12. The molecule has 3 rings (SSSR count). The van der Waals surface area contributed by atoms with Crippen LogP contribution in [0.5, 0.6) is 0 Å². The smallest absolute Gasteiger partial charge is 0.270 e. The molecule has 0 amide bonds. The number of rotatable bonds is 2. The van der Waals surface area contributed by atoms with Crippen molar-refractivity contribution in [1.29, 1.82) is 0 Å². The fraction of sp³-hybridized carbons (Fsp3) is 0.231. The van der Waals surface area contributed by atoms with E-state index in [1.165, 1.54) is 12.1 Å². The summed E-state index contributed by atoms with van der Waals surface area (Å²) in [5, 5.41) is 14.1. The zero-order chi connectivity index (χ0) is 14.1. The topological polar surface area (TPSA) is 83.8 Å². The van der Waals surface area contributed by atoms with Crippen LogP contribution in [-0.4, -0.2) is 21.4 Å². The summed E-state index contributed by atoms with van der Waals surface area (Å²) >= 11 is 5.31. The Morgan fingerprint density at radius 1 is 1.40 bits per heavy atom. The second-order valence-electron chi connectivity index (χ2n) is 4.58. The van der Waals surface area contributed by atoms with Crippen molar-refractivity contribution in [3.05, 3.63) is 50.3 Å². The molecule has 2 aromatic rings. The first-order chi connectivity index (χ1) is 9.65. The number of nitro benzene ring substituents is 1. The van der Waals surface area contributed by atoms with Crippen molar-refractivity contribution >= 4 is 17.9 Å². The predicted octanol–water partition coefficient (Wildman–Crippen LogP) is 2.36. The summed E-state index contributed by atoms with van der Waals surface area (Å²) < 4.78 is 0.549. The zero-order valence-electron chi connectivity index (χ0n) is 10.5. The molecule has 0 fully saturated rings. The lowest BCUT2D eigenvalue weighted by Crippen LogP contribution is -2.25. The van der Waals surface area contributed by atoms with Gasteiger partial charge in [-0.05, 0) is 0 Å². The molecule has 0 atom stereocenters. The van der Waals surface area contributed by atoms with Crippen molar-refractivity contribution in [3.63, 3.8) is 0 Å². The van der Waals surface area contributed by atoms with Crippen molar-refractivity contribution in [2.24, 2.45) is 0 Å². The van der Waals surface area contributed by atoms with Gasteiger partial charge >= 0.3 is 0 Å². The second kappa shape index (κ2) is 5.10. The van der Waals surface area contributed by atoms with Crippen molar-refractivity contribution in [2.45, 2.75) is 13.0 Å². The summed E-state index contributed by atoms with van der Waals surface area (Å²) in [7, 11) is 0. The van der Waals surface area contributed by atoms with E-state index in [4.69, 9.17) is 12.2 Å². The molecule has 102 valence electrons. The van der Waals surface area contributed by atoms with Gasteiger partial charge in [-0.15, -0.1) is 0 Å². The Bertz CT molecular complexity index is 741. The maximum Gasteiger partial charge on any atom is 0.270 e. The number of non-ortho nitro benzene ring substituents is 1. The van der Waals surface area contributed by atoms with E-state index in [1.54, 1.807) is 12.1 Å². The molecule has 20 heavy (non-hydrogen) atoms. The van der Waals surface area contributed by atoms with Gasteiger partial charge in [-0.1, -0.05) is 24.4 Å². The van der Waals surface area contributed by atoms with Crippen LogP contribution in [0.25, 0.3) is 11.4 Å². The summed E-state index contributed by atoms with van der Waals surface area (Å²) in [6, 6.07) is 6.39. The van der Waals surface area contributed by atoms with E-state index in [-0.39, 0.29) is 5.69 Å². The van der Waals surface area contributed by atoms with Crippen LogP contribution in [0.1, 0.15) is 11.3 Å². The van der Waals surface area contributed by atoms with Gasteiger partial charge in [0.15, 0.2) is 0 Å². The van der Waals surface area contributed by atoms with E-state index in [9.17, 15) is 10.1 Å². The summed E-state index contributed by atoms with van der Waals surface area (Å²) in [6.45, 7) is 1.60. The third-order valence-electron chi connectivity index (χ3n) is 3.29. The standard InChI is InChI=1S/C13H12N4O2S/c18-17(19)9-3-1-2-8(6-9)12-15-11-4-5-14-7-10(11)13(20)16-12/h1-3,6,14H,4-5,7H2,(H,15,16,20). The SMILES string of the molecule is O=[N+]([O-])c1cccc(-c2nc(=S)c3c([nH]2)CCNC3)c1. The fourth-order valence-corrected chi connectivity index (χ4v) is 2.56. The normalized spacial score (nSPS) is 13.8. The first-order valence-corrected chi connectivity index (χ1v) is 6.63. The molecule has 0 spiro atoms. The zero-order valence-corrected chi connectivity index (χ0v) is 11.4. The van der Waals surface area contributed by atoms with Gasteiger partial charge in [0.1, 0.15) is 10.5 Å². The van der Waals surface area contributed by atoms with Crippen LogP contribution < -0.4 is 5.32 Å². The third kappa shape index (κ3) is 2.33. The van der Waals surface area contributed by atoms with Crippen LogP contribution >= 0.6 is 12.2 Å². The lowest BCUT2D eigenvalue weighted by atomic mass is 10.1. The summed E-state index contributed by atoms with van der Waals surface area (Å²) in [6.07, 6.45) is 0.851. The Morgan fingerprint density at radius 3 is 3.05 bits per heavy atom. The van der Waals surface area contributed by atoms with Crippen LogP contribution in [0.2, 0.25) is 0 Å². The van der Waals surface area contributed by atoms with Gasteiger partial charge in [-0.3, -0.25) is 10.1 Å². The highest BCUT2D eigenvalue weighted by Gasteiger charge is 2.14. The van der Waals surface area contributed by atoms with E-state index in [0.29, 0.717) is 22.6 Å². The number of hydrogen-bond acceptors (Lipinski definition) is 5. The first-order valence-electron chi connectivity index (χ1n) is 6.23. The van der Waals surface area contributed by atoms with Crippen LogP contribution in [0.15, 0.2) is 24.3 Å². The molecule has 1 aromatic carbocycles. The minimum Gasteiger partial charge on any atom is -0.343 e. The molecule has 1 aliphatic rings. The quantitative estimate of drug-likeness (QED) is 0.503. The van der Waals surface area contributed by atoms with Gasteiger partial charge in [0.25, 0.3) is 5.69 Å². The van der Waals surface area contributed by atoms with Crippen molar-refractivity contribution in [1.82, 2.24) is 15.3 Å². The van der Waals surface area contributed by atoms with E-state index in [1.807, 2.05) is 0 Å². The maximum absolute atomic E-state index is 10.8.